The molecule has 0 spiro atoms. The van der Waals surface area contributed by atoms with Gasteiger partial charge in [0, 0.05) is 24.3 Å². The van der Waals surface area contributed by atoms with Gasteiger partial charge >= 0.3 is 0 Å². The van der Waals surface area contributed by atoms with Gasteiger partial charge in [-0.1, -0.05) is 19.4 Å². The summed E-state index contributed by atoms with van der Waals surface area (Å²) in [6, 6.07) is 4.57. The highest BCUT2D eigenvalue weighted by molar-refractivity contribution is 5.42. The predicted molar refractivity (Wildman–Crippen MR) is 67.9 cm³/mol. The molecule has 1 unspecified atom stereocenters. The van der Waals surface area contributed by atoms with Crippen LogP contribution in [0.25, 0.3) is 0 Å². The fourth-order valence-electron chi connectivity index (χ4n) is 1.76. The van der Waals surface area contributed by atoms with Crippen molar-refractivity contribution >= 4 is 5.82 Å². The third kappa shape index (κ3) is 3.47. The van der Waals surface area contributed by atoms with Crippen LogP contribution in [0.2, 0.25) is 0 Å². The molecule has 0 aliphatic rings. The third-order valence-corrected chi connectivity index (χ3v) is 2.91. The standard InChI is InChI=1S/C12H22N4/c1-4-6-10(2)16(3)9-11-7-5-8-14-12(11)15-13/h5,7-8,10H,4,6,9,13H2,1-3H3,(H,14,15). The second-order valence-electron chi connectivity index (χ2n) is 4.21. The van der Waals surface area contributed by atoms with Crippen molar-refractivity contribution < 1.29 is 0 Å². The highest BCUT2D eigenvalue weighted by atomic mass is 15.3. The van der Waals surface area contributed by atoms with Gasteiger partial charge in [-0.25, -0.2) is 10.8 Å². The summed E-state index contributed by atoms with van der Waals surface area (Å²) >= 11 is 0. The number of anilines is 1. The van der Waals surface area contributed by atoms with Crippen LogP contribution in [0.4, 0.5) is 5.82 Å². The van der Waals surface area contributed by atoms with E-state index < -0.39 is 0 Å². The molecule has 0 bridgehead atoms. The van der Waals surface area contributed by atoms with Crippen molar-refractivity contribution in [2.75, 3.05) is 12.5 Å². The van der Waals surface area contributed by atoms with Crippen molar-refractivity contribution in [2.24, 2.45) is 5.84 Å². The summed E-state index contributed by atoms with van der Waals surface area (Å²) in [6.07, 6.45) is 4.16. The van der Waals surface area contributed by atoms with Gasteiger partial charge in [-0.2, -0.15) is 0 Å². The minimum Gasteiger partial charge on any atom is -0.308 e. The van der Waals surface area contributed by atoms with Crippen molar-refractivity contribution in [3.8, 4) is 0 Å². The fourth-order valence-corrected chi connectivity index (χ4v) is 1.76. The Hall–Kier alpha value is -1.13. The summed E-state index contributed by atoms with van der Waals surface area (Å²) in [7, 11) is 2.13. The van der Waals surface area contributed by atoms with Gasteiger partial charge in [-0.3, -0.25) is 4.90 Å². The normalized spacial score (nSPS) is 12.8. The minimum atomic E-state index is 0.579. The monoisotopic (exact) mass is 222 g/mol. The van der Waals surface area contributed by atoms with Crippen LogP contribution in [-0.4, -0.2) is 23.0 Å². The van der Waals surface area contributed by atoms with E-state index in [9.17, 15) is 0 Å². The Bertz CT molecular complexity index is 314. The molecule has 0 aromatic carbocycles. The quantitative estimate of drug-likeness (QED) is 0.571. The summed E-state index contributed by atoms with van der Waals surface area (Å²) < 4.78 is 0. The van der Waals surface area contributed by atoms with E-state index in [4.69, 9.17) is 5.84 Å². The van der Waals surface area contributed by atoms with Crippen LogP contribution < -0.4 is 11.3 Å². The van der Waals surface area contributed by atoms with Gasteiger partial charge in [-0.05, 0) is 26.5 Å². The minimum absolute atomic E-state index is 0.579. The number of nitrogen functional groups attached to an aromatic ring is 1. The number of rotatable bonds is 6. The maximum absolute atomic E-state index is 5.43. The number of hydrogen-bond acceptors (Lipinski definition) is 4. The van der Waals surface area contributed by atoms with E-state index in [0.717, 1.165) is 17.9 Å². The zero-order chi connectivity index (χ0) is 12.0. The second kappa shape index (κ2) is 6.45. The number of nitrogens with two attached hydrogens (primary N) is 1. The van der Waals surface area contributed by atoms with Gasteiger partial charge in [0.05, 0.1) is 0 Å². The summed E-state index contributed by atoms with van der Waals surface area (Å²) in [5, 5.41) is 0. The van der Waals surface area contributed by atoms with Gasteiger partial charge in [0.25, 0.3) is 0 Å². The van der Waals surface area contributed by atoms with Crippen LogP contribution in [0.5, 0.6) is 0 Å². The third-order valence-electron chi connectivity index (χ3n) is 2.91. The van der Waals surface area contributed by atoms with E-state index in [1.807, 2.05) is 6.07 Å². The highest BCUT2D eigenvalue weighted by Gasteiger charge is 2.10. The number of pyridine rings is 1. The molecule has 4 nitrogen and oxygen atoms in total. The van der Waals surface area contributed by atoms with Crippen LogP contribution in [0, 0.1) is 0 Å². The van der Waals surface area contributed by atoms with E-state index in [1.54, 1.807) is 6.20 Å². The number of nitrogens with zero attached hydrogens (tertiary/aromatic N) is 2. The lowest BCUT2D eigenvalue weighted by molar-refractivity contribution is 0.237. The largest absolute Gasteiger partial charge is 0.308 e. The van der Waals surface area contributed by atoms with Crippen molar-refractivity contribution in [1.29, 1.82) is 0 Å². The molecular formula is C12H22N4. The van der Waals surface area contributed by atoms with Crippen LogP contribution >= 0.6 is 0 Å². The maximum atomic E-state index is 5.43. The van der Waals surface area contributed by atoms with Gasteiger partial charge in [-0.15, -0.1) is 0 Å². The number of hydrogen-bond donors (Lipinski definition) is 2. The first kappa shape index (κ1) is 12.9. The van der Waals surface area contributed by atoms with Gasteiger partial charge in [0.1, 0.15) is 5.82 Å². The molecule has 90 valence electrons. The fraction of sp³-hybridized carbons (Fsp3) is 0.583. The Morgan fingerprint density at radius 3 is 2.94 bits per heavy atom. The number of aromatic nitrogens is 1. The molecule has 1 aromatic heterocycles. The van der Waals surface area contributed by atoms with Gasteiger partial charge in [0.15, 0.2) is 0 Å². The smallest absolute Gasteiger partial charge is 0.144 e. The first-order chi connectivity index (χ1) is 7.69. The molecule has 0 radical (unpaired) electrons. The average molecular weight is 222 g/mol. The Morgan fingerprint density at radius 2 is 2.31 bits per heavy atom. The molecule has 1 atom stereocenters. The summed E-state index contributed by atoms with van der Waals surface area (Å²) in [5.41, 5.74) is 3.77. The zero-order valence-electron chi connectivity index (χ0n) is 10.4. The molecule has 0 aliphatic heterocycles. The molecular weight excluding hydrogens is 200 g/mol. The van der Waals surface area contributed by atoms with Crippen molar-refractivity contribution in [3.05, 3.63) is 23.9 Å². The van der Waals surface area contributed by atoms with E-state index in [-0.39, 0.29) is 0 Å². The summed E-state index contributed by atoms with van der Waals surface area (Å²) in [4.78, 5) is 6.51. The zero-order valence-corrected chi connectivity index (χ0v) is 10.4. The number of nitrogens with one attached hydrogen (secondary N) is 1. The first-order valence-electron chi connectivity index (χ1n) is 5.79. The lowest BCUT2D eigenvalue weighted by Gasteiger charge is -2.24. The lowest BCUT2D eigenvalue weighted by atomic mass is 10.1. The topological polar surface area (TPSA) is 54.2 Å². The van der Waals surface area contributed by atoms with E-state index in [1.165, 1.54) is 12.8 Å². The lowest BCUT2D eigenvalue weighted by Crippen LogP contribution is -2.29. The SMILES string of the molecule is CCCC(C)N(C)Cc1cccnc1NN. The van der Waals surface area contributed by atoms with Crippen LogP contribution in [0.1, 0.15) is 32.3 Å². The summed E-state index contributed by atoms with van der Waals surface area (Å²) in [5.74, 6) is 6.19. The van der Waals surface area contributed by atoms with E-state index in [0.29, 0.717) is 6.04 Å². The molecule has 0 saturated carbocycles. The molecule has 0 aliphatic carbocycles. The molecule has 0 amide bonds. The summed E-state index contributed by atoms with van der Waals surface area (Å²) in [6.45, 7) is 5.32. The molecule has 3 N–H and O–H groups in total. The number of hydrazine groups is 1. The van der Waals surface area contributed by atoms with Crippen molar-refractivity contribution in [2.45, 2.75) is 39.3 Å². The maximum Gasteiger partial charge on any atom is 0.144 e. The molecule has 0 saturated heterocycles. The molecule has 0 fully saturated rings. The molecule has 4 heteroatoms. The molecule has 16 heavy (non-hydrogen) atoms. The van der Waals surface area contributed by atoms with Crippen LogP contribution in [0.15, 0.2) is 18.3 Å². The van der Waals surface area contributed by atoms with Crippen molar-refractivity contribution in [1.82, 2.24) is 9.88 Å². The van der Waals surface area contributed by atoms with Gasteiger partial charge < -0.3 is 5.43 Å². The van der Waals surface area contributed by atoms with Crippen LogP contribution in [-0.2, 0) is 6.54 Å². The second-order valence-corrected chi connectivity index (χ2v) is 4.21. The predicted octanol–water partition coefficient (Wildman–Crippen LogP) is 1.99. The van der Waals surface area contributed by atoms with Crippen LogP contribution in [0.3, 0.4) is 0 Å². The Labute approximate surface area is 97.8 Å². The molecule has 1 rings (SSSR count). The van der Waals surface area contributed by atoms with E-state index in [2.05, 4.69) is 42.3 Å². The Balaban J connectivity index is 2.64. The Kier molecular flexibility index (Phi) is 5.22. The van der Waals surface area contributed by atoms with E-state index >= 15 is 0 Å². The molecule has 1 aromatic rings. The highest BCUT2D eigenvalue weighted by Crippen LogP contribution is 2.15. The average Bonchev–Trinajstić information content (AvgIpc) is 2.30. The van der Waals surface area contributed by atoms with Gasteiger partial charge in [0.2, 0.25) is 0 Å². The first-order valence-corrected chi connectivity index (χ1v) is 5.79. The molecule has 1 heterocycles. The Morgan fingerprint density at radius 1 is 1.56 bits per heavy atom. The van der Waals surface area contributed by atoms with Crippen molar-refractivity contribution in [3.63, 3.8) is 0 Å².